The zero-order valence-electron chi connectivity index (χ0n) is 23.1. The van der Waals surface area contributed by atoms with E-state index in [-0.39, 0.29) is 41.7 Å². The lowest BCUT2D eigenvalue weighted by atomic mass is 10.0. The first-order chi connectivity index (χ1) is 19.4. The van der Waals surface area contributed by atoms with Gasteiger partial charge in [-0.05, 0) is 42.2 Å². The lowest BCUT2D eigenvalue weighted by molar-refractivity contribution is -0.137. The molecule has 14 heteroatoms. The molecule has 220 valence electrons. The highest BCUT2D eigenvalue weighted by molar-refractivity contribution is 8.09. The van der Waals surface area contributed by atoms with Crippen LogP contribution in [-0.2, 0) is 25.8 Å². The van der Waals surface area contributed by atoms with Crippen LogP contribution in [0.2, 0.25) is 0 Å². The van der Waals surface area contributed by atoms with E-state index in [1.807, 2.05) is 13.8 Å². The Kier molecular flexibility index (Phi) is 10.4. The van der Waals surface area contributed by atoms with Crippen LogP contribution in [0.3, 0.4) is 0 Å². The minimum atomic E-state index is -3.90. The molecule has 0 bridgehead atoms. The Hall–Kier alpha value is -4.46. The number of methoxy groups -OCH3 is 2. The number of anilines is 2. The molecule has 2 aromatic rings. The molecule has 0 aliphatic carbocycles. The third-order valence-corrected chi connectivity index (χ3v) is 7.41. The van der Waals surface area contributed by atoms with Crippen LogP contribution >= 0.6 is 0 Å². The molecule has 0 spiro atoms. The standard InChI is InChI=1S/C27H33N5O8S/c1-16(2)12-20(26-29-18(8-10-24(34)35)15-41(26,37)38)30-23(33)14-17-7-9-19(22(13-17)40-4)31-27(36)32-25-21(39-3)6-5-11-28-25/h5-7,9,11,13,15-16,20H,8,10,12,14H2,1-4H3,(H,30,33)(H,34,35)(H2,28,31,32,36). The highest BCUT2D eigenvalue weighted by Gasteiger charge is 2.33. The number of carbonyl (C=O) groups excluding carboxylic acids is 2. The molecule has 1 aliphatic heterocycles. The van der Waals surface area contributed by atoms with E-state index in [9.17, 15) is 22.8 Å². The SMILES string of the molecule is COc1cc(CC(=O)NC(CC(C)C)C2=NC(CCC(=O)O)=CS2(=O)=O)ccc1NC(=O)Nc1ncccc1OC. The molecule has 0 fully saturated rings. The Labute approximate surface area is 238 Å². The van der Waals surface area contributed by atoms with Crippen molar-refractivity contribution < 1.29 is 37.4 Å². The number of nitrogens with zero attached hydrogens (tertiary/aromatic N) is 2. The molecule has 0 saturated heterocycles. The Morgan fingerprint density at radius 2 is 1.78 bits per heavy atom. The second-order valence-electron chi connectivity index (χ2n) is 9.59. The third kappa shape index (κ3) is 8.76. The second kappa shape index (κ2) is 13.7. The number of hydrogen-bond donors (Lipinski definition) is 4. The van der Waals surface area contributed by atoms with Gasteiger partial charge in [0.2, 0.25) is 15.7 Å². The Balaban J connectivity index is 1.70. The lowest BCUT2D eigenvalue weighted by Gasteiger charge is -2.20. The summed E-state index contributed by atoms with van der Waals surface area (Å²) in [6.45, 7) is 3.77. The normalized spacial score (nSPS) is 14.5. The molecule has 4 N–H and O–H groups in total. The van der Waals surface area contributed by atoms with E-state index in [1.54, 1.807) is 30.3 Å². The number of ether oxygens (including phenoxy) is 2. The molecule has 13 nitrogen and oxygen atoms in total. The van der Waals surface area contributed by atoms with Crippen LogP contribution in [-0.4, -0.2) is 61.7 Å². The van der Waals surface area contributed by atoms with Gasteiger partial charge in [0.05, 0.1) is 49.9 Å². The molecular weight excluding hydrogens is 554 g/mol. The molecule has 1 aliphatic rings. The van der Waals surface area contributed by atoms with Gasteiger partial charge in [-0.3, -0.25) is 14.9 Å². The minimum absolute atomic E-state index is 0.0314. The van der Waals surface area contributed by atoms with Gasteiger partial charge in [0, 0.05) is 12.6 Å². The number of hydrogen-bond acceptors (Lipinski definition) is 9. The fraction of sp³-hybridized carbons (Fsp3) is 0.370. The molecule has 2 heterocycles. The van der Waals surface area contributed by atoms with Crippen LogP contribution in [0.1, 0.15) is 38.7 Å². The van der Waals surface area contributed by atoms with E-state index in [0.717, 1.165) is 5.41 Å². The molecule has 3 amide bonds. The van der Waals surface area contributed by atoms with Gasteiger partial charge in [0.1, 0.15) is 5.75 Å². The van der Waals surface area contributed by atoms with Gasteiger partial charge >= 0.3 is 12.0 Å². The van der Waals surface area contributed by atoms with Crippen LogP contribution < -0.4 is 25.4 Å². The first-order valence-electron chi connectivity index (χ1n) is 12.7. The van der Waals surface area contributed by atoms with Gasteiger partial charge in [-0.25, -0.2) is 23.2 Å². The van der Waals surface area contributed by atoms with Crippen molar-refractivity contribution in [2.75, 3.05) is 24.9 Å². The number of nitrogens with one attached hydrogen (secondary N) is 3. The number of amides is 3. The summed E-state index contributed by atoms with van der Waals surface area (Å²) >= 11 is 0. The number of aliphatic carboxylic acids is 1. The summed E-state index contributed by atoms with van der Waals surface area (Å²) < 4.78 is 36.1. The van der Waals surface area contributed by atoms with Gasteiger partial charge in [0.15, 0.2) is 16.6 Å². The number of aliphatic imine (C=N–C) groups is 1. The van der Waals surface area contributed by atoms with Crippen molar-refractivity contribution in [2.24, 2.45) is 10.9 Å². The number of rotatable bonds is 13. The van der Waals surface area contributed by atoms with Crippen molar-refractivity contribution >= 4 is 44.3 Å². The van der Waals surface area contributed by atoms with E-state index in [4.69, 9.17) is 14.6 Å². The van der Waals surface area contributed by atoms with Gasteiger partial charge in [0.25, 0.3) is 0 Å². The molecule has 0 radical (unpaired) electrons. The van der Waals surface area contributed by atoms with Crippen molar-refractivity contribution in [2.45, 2.75) is 45.6 Å². The summed E-state index contributed by atoms with van der Waals surface area (Å²) in [5.74, 6) is -0.569. The van der Waals surface area contributed by atoms with Crippen LogP contribution in [0.15, 0.2) is 52.6 Å². The number of pyridine rings is 1. The second-order valence-corrected chi connectivity index (χ2v) is 11.3. The van der Waals surface area contributed by atoms with E-state index >= 15 is 0 Å². The van der Waals surface area contributed by atoms with E-state index in [0.29, 0.717) is 29.2 Å². The van der Waals surface area contributed by atoms with Gasteiger partial charge in [-0.2, -0.15) is 0 Å². The van der Waals surface area contributed by atoms with E-state index in [2.05, 4.69) is 25.9 Å². The summed E-state index contributed by atoms with van der Waals surface area (Å²) in [6, 6.07) is 6.64. The average molecular weight is 588 g/mol. The van der Waals surface area contributed by atoms with Gasteiger partial charge < -0.3 is 25.2 Å². The maximum atomic E-state index is 13.0. The highest BCUT2D eigenvalue weighted by Crippen LogP contribution is 2.27. The lowest BCUT2D eigenvalue weighted by Crippen LogP contribution is -2.44. The summed E-state index contributed by atoms with van der Waals surface area (Å²) in [6.07, 6.45) is 1.42. The summed E-state index contributed by atoms with van der Waals surface area (Å²) in [5.41, 5.74) is 1.04. The molecule has 1 atom stereocenters. The van der Waals surface area contributed by atoms with Crippen molar-refractivity contribution in [1.29, 1.82) is 0 Å². The molecule has 1 unspecified atom stereocenters. The van der Waals surface area contributed by atoms with Crippen LogP contribution in [0.4, 0.5) is 16.3 Å². The number of carboxylic acids is 1. The predicted molar refractivity (Wildman–Crippen MR) is 153 cm³/mol. The first-order valence-corrected chi connectivity index (χ1v) is 14.3. The summed E-state index contributed by atoms with van der Waals surface area (Å²) in [4.78, 5) is 44.7. The predicted octanol–water partition coefficient (Wildman–Crippen LogP) is 3.35. The van der Waals surface area contributed by atoms with Crippen molar-refractivity contribution in [3.05, 3.63) is 53.2 Å². The molecule has 1 aromatic heterocycles. The Bertz CT molecular complexity index is 1470. The number of carbonyl (C=O) groups is 3. The highest BCUT2D eigenvalue weighted by atomic mass is 32.2. The van der Waals surface area contributed by atoms with E-state index in [1.165, 1.54) is 20.4 Å². The fourth-order valence-corrected chi connectivity index (χ4v) is 5.53. The van der Waals surface area contributed by atoms with Crippen molar-refractivity contribution in [3.63, 3.8) is 0 Å². The zero-order valence-corrected chi connectivity index (χ0v) is 23.9. The topological polar surface area (TPSA) is 185 Å². The van der Waals surface area contributed by atoms with Gasteiger partial charge in [-0.1, -0.05) is 19.9 Å². The molecule has 3 rings (SSSR count). The third-order valence-electron chi connectivity index (χ3n) is 5.87. The van der Waals surface area contributed by atoms with Crippen LogP contribution in [0.5, 0.6) is 11.5 Å². The minimum Gasteiger partial charge on any atom is -0.495 e. The average Bonchev–Trinajstić information content (AvgIpc) is 3.21. The molecule has 1 aromatic carbocycles. The Morgan fingerprint density at radius 3 is 2.44 bits per heavy atom. The maximum Gasteiger partial charge on any atom is 0.325 e. The largest absolute Gasteiger partial charge is 0.495 e. The number of allylic oxidation sites excluding steroid dienone is 1. The summed E-state index contributed by atoms with van der Waals surface area (Å²) in [5, 5.41) is 17.7. The van der Waals surface area contributed by atoms with E-state index < -0.39 is 33.8 Å². The molecule has 41 heavy (non-hydrogen) atoms. The Morgan fingerprint density at radius 1 is 1.05 bits per heavy atom. The zero-order chi connectivity index (χ0) is 30.2. The van der Waals surface area contributed by atoms with Crippen LogP contribution in [0.25, 0.3) is 0 Å². The number of sulfone groups is 1. The quantitative estimate of drug-likeness (QED) is 0.273. The number of aromatic nitrogens is 1. The maximum absolute atomic E-state index is 13.0. The van der Waals surface area contributed by atoms with Crippen molar-refractivity contribution in [3.8, 4) is 11.5 Å². The fourth-order valence-electron chi connectivity index (χ4n) is 4.08. The van der Waals surface area contributed by atoms with Crippen molar-refractivity contribution in [1.82, 2.24) is 10.3 Å². The monoisotopic (exact) mass is 587 g/mol. The molecule has 0 saturated carbocycles. The summed E-state index contributed by atoms with van der Waals surface area (Å²) in [7, 11) is -1.03. The number of urea groups is 1. The van der Waals surface area contributed by atoms with Crippen LogP contribution in [0, 0.1) is 5.92 Å². The first kappa shape index (κ1) is 31.1. The number of benzene rings is 1. The number of carboxylic acid groups (broad SMARTS) is 1. The smallest absolute Gasteiger partial charge is 0.325 e. The van der Waals surface area contributed by atoms with Gasteiger partial charge in [-0.15, -0.1) is 0 Å². The molecular formula is C27H33N5O8S.